The number of anilines is 1. The Balaban J connectivity index is 1.51. The first-order valence-electron chi connectivity index (χ1n) is 9.12. The van der Waals surface area contributed by atoms with Crippen molar-refractivity contribution in [2.45, 2.75) is 12.8 Å². The van der Waals surface area contributed by atoms with Gasteiger partial charge in [-0.3, -0.25) is 9.10 Å². The highest BCUT2D eigenvalue weighted by molar-refractivity contribution is 7.92. The largest absolute Gasteiger partial charge is 0.485 e. The molecule has 0 saturated heterocycles. The third kappa shape index (κ3) is 4.02. The number of Topliss-reactive ketones (excluding diaryl/α,β-unsaturated/α-hetero) is 1. The molecule has 29 heavy (non-hydrogen) atoms. The molecule has 0 saturated carbocycles. The van der Waals surface area contributed by atoms with Crippen molar-refractivity contribution in [3.8, 4) is 5.75 Å². The zero-order valence-corrected chi connectivity index (χ0v) is 16.6. The molecule has 7 nitrogen and oxygen atoms in total. The van der Waals surface area contributed by atoms with Crippen molar-refractivity contribution < 1.29 is 22.4 Å². The molecule has 8 heteroatoms. The van der Waals surface area contributed by atoms with Gasteiger partial charge in [0.2, 0.25) is 10.0 Å². The molecule has 0 aliphatic carbocycles. The normalized spacial score (nSPS) is 13.9. The Hall–Kier alpha value is -3.13. The summed E-state index contributed by atoms with van der Waals surface area (Å²) in [7, 11) is -3.35. The molecule has 2 aromatic carbocycles. The van der Waals surface area contributed by atoms with E-state index in [-0.39, 0.29) is 12.4 Å². The number of aryl methyl sites for hydroxylation is 1. The summed E-state index contributed by atoms with van der Waals surface area (Å²) in [6.45, 7) is 0.261. The van der Waals surface area contributed by atoms with E-state index < -0.39 is 15.6 Å². The molecule has 150 valence electrons. The third-order valence-electron chi connectivity index (χ3n) is 4.84. The molecular weight excluding hydrogens is 394 g/mol. The Labute approximate surface area is 167 Å². The van der Waals surface area contributed by atoms with E-state index in [4.69, 9.17) is 9.15 Å². The maximum Gasteiger partial charge on any atom is 0.336 e. The van der Waals surface area contributed by atoms with E-state index in [0.29, 0.717) is 42.0 Å². The van der Waals surface area contributed by atoms with E-state index in [0.717, 1.165) is 10.9 Å². The summed E-state index contributed by atoms with van der Waals surface area (Å²) in [5.41, 5.74) is 1.85. The van der Waals surface area contributed by atoms with Gasteiger partial charge in [0.25, 0.3) is 0 Å². The van der Waals surface area contributed by atoms with Crippen LogP contribution in [-0.4, -0.2) is 33.6 Å². The van der Waals surface area contributed by atoms with Gasteiger partial charge in [0.1, 0.15) is 11.3 Å². The number of ether oxygens (including phenoxy) is 1. The van der Waals surface area contributed by atoms with Crippen molar-refractivity contribution in [1.29, 1.82) is 0 Å². The summed E-state index contributed by atoms with van der Waals surface area (Å²) in [5, 5.41) is 0.758. The summed E-state index contributed by atoms with van der Waals surface area (Å²) in [6, 6.07) is 13.0. The first-order valence-corrected chi connectivity index (χ1v) is 11.0. The quantitative estimate of drug-likeness (QED) is 0.472. The fourth-order valence-corrected chi connectivity index (χ4v) is 4.44. The smallest absolute Gasteiger partial charge is 0.336 e. The monoisotopic (exact) mass is 413 g/mol. The number of fused-ring (bicyclic) bond motifs is 2. The Morgan fingerprint density at radius 1 is 1.14 bits per heavy atom. The van der Waals surface area contributed by atoms with Crippen LogP contribution >= 0.6 is 0 Å². The summed E-state index contributed by atoms with van der Waals surface area (Å²) in [5.74, 6) is 0.195. The molecule has 0 unspecified atom stereocenters. The third-order valence-corrected chi connectivity index (χ3v) is 6.02. The lowest BCUT2D eigenvalue weighted by Crippen LogP contribution is -2.34. The molecule has 1 aliphatic rings. The average molecular weight is 413 g/mol. The standard InChI is InChI=1S/C21H19NO6S/c1-29(25,26)22-10-2-3-15-11-16(5-8-18(15)22)19(23)13-27-17-7-4-14-6-9-21(24)28-20(14)12-17/h4-9,11-12H,2-3,10,13H2,1H3. The topological polar surface area (TPSA) is 93.9 Å². The van der Waals surface area contributed by atoms with Crippen molar-refractivity contribution in [1.82, 2.24) is 0 Å². The van der Waals surface area contributed by atoms with E-state index in [1.807, 2.05) is 0 Å². The highest BCUT2D eigenvalue weighted by atomic mass is 32.2. The Morgan fingerprint density at radius 3 is 2.72 bits per heavy atom. The fraction of sp³-hybridized carbons (Fsp3) is 0.238. The molecule has 1 aromatic heterocycles. The van der Waals surface area contributed by atoms with E-state index >= 15 is 0 Å². The zero-order valence-electron chi connectivity index (χ0n) is 15.8. The molecule has 0 atom stereocenters. The molecule has 0 spiro atoms. The van der Waals surface area contributed by atoms with Crippen LogP contribution in [0.15, 0.2) is 57.7 Å². The van der Waals surface area contributed by atoms with Crippen LogP contribution in [-0.2, 0) is 16.4 Å². The highest BCUT2D eigenvalue weighted by Gasteiger charge is 2.24. The lowest BCUT2D eigenvalue weighted by Gasteiger charge is -2.29. The summed E-state index contributed by atoms with van der Waals surface area (Å²) < 4.78 is 36.0. The predicted octanol–water partition coefficient (Wildman–Crippen LogP) is 2.77. The van der Waals surface area contributed by atoms with Gasteiger partial charge >= 0.3 is 5.63 Å². The molecule has 2 heterocycles. The van der Waals surface area contributed by atoms with E-state index in [2.05, 4.69) is 0 Å². The van der Waals surface area contributed by atoms with Crippen LogP contribution < -0.4 is 14.7 Å². The van der Waals surface area contributed by atoms with Gasteiger partial charge in [-0.2, -0.15) is 0 Å². The zero-order chi connectivity index (χ0) is 20.6. The number of ketones is 1. The molecular formula is C21H19NO6S. The van der Waals surface area contributed by atoms with E-state index in [1.165, 1.54) is 16.6 Å². The van der Waals surface area contributed by atoms with Crippen molar-refractivity contribution >= 4 is 32.5 Å². The number of rotatable bonds is 5. The molecule has 1 aliphatic heterocycles. The molecule has 0 fully saturated rings. The van der Waals surface area contributed by atoms with Crippen LogP contribution in [0.25, 0.3) is 11.0 Å². The molecule has 0 bridgehead atoms. The molecule has 0 amide bonds. The number of nitrogens with zero attached hydrogens (tertiary/aromatic N) is 1. The molecule has 4 rings (SSSR count). The summed E-state index contributed by atoms with van der Waals surface area (Å²) in [6.07, 6.45) is 2.60. The molecule has 0 N–H and O–H groups in total. The van der Waals surface area contributed by atoms with Crippen LogP contribution in [0.2, 0.25) is 0 Å². The minimum absolute atomic E-state index is 0.183. The minimum atomic E-state index is -3.35. The van der Waals surface area contributed by atoms with Gasteiger partial charge in [0.05, 0.1) is 11.9 Å². The summed E-state index contributed by atoms with van der Waals surface area (Å²) >= 11 is 0. The number of sulfonamides is 1. The van der Waals surface area contributed by atoms with Gasteiger partial charge in [-0.15, -0.1) is 0 Å². The lowest BCUT2D eigenvalue weighted by molar-refractivity contribution is 0.0921. The van der Waals surface area contributed by atoms with Crippen LogP contribution in [0.3, 0.4) is 0 Å². The SMILES string of the molecule is CS(=O)(=O)N1CCCc2cc(C(=O)COc3ccc4ccc(=O)oc4c3)ccc21. The van der Waals surface area contributed by atoms with Crippen LogP contribution in [0.4, 0.5) is 5.69 Å². The maximum absolute atomic E-state index is 12.6. The molecule has 3 aromatic rings. The Morgan fingerprint density at radius 2 is 1.93 bits per heavy atom. The van der Waals surface area contributed by atoms with Crippen LogP contribution in [0.5, 0.6) is 5.75 Å². The number of carbonyl (C=O) groups is 1. The first kappa shape index (κ1) is 19.2. The fourth-order valence-electron chi connectivity index (χ4n) is 3.44. The van der Waals surface area contributed by atoms with E-state index in [1.54, 1.807) is 42.5 Å². The molecule has 0 radical (unpaired) electrons. The maximum atomic E-state index is 12.6. The van der Waals surface area contributed by atoms with Crippen molar-refractivity contribution in [2.24, 2.45) is 0 Å². The van der Waals surface area contributed by atoms with Gasteiger partial charge in [-0.1, -0.05) is 0 Å². The van der Waals surface area contributed by atoms with Crippen molar-refractivity contribution in [3.05, 3.63) is 70.1 Å². The second kappa shape index (κ2) is 7.36. The number of hydrogen-bond acceptors (Lipinski definition) is 6. The number of carbonyl (C=O) groups excluding carboxylic acids is 1. The first-order chi connectivity index (χ1) is 13.8. The van der Waals surface area contributed by atoms with Crippen molar-refractivity contribution in [2.75, 3.05) is 23.7 Å². The average Bonchev–Trinajstić information content (AvgIpc) is 2.70. The van der Waals surface area contributed by atoms with Crippen LogP contribution in [0, 0.1) is 0 Å². The van der Waals surface area contributed by atoms with Gasteiger partial charge in [-0.25, -0.2) is 13.2 Å². The lowest BCUT2D eigenvalue weighted by atomic mass is 9.99. The van der Waals surface area contributed by atoms with Gasteiger partial charge < -0.3 is 9.15 Å². The second-order valence-electron chi connectivity index (χ2n) is 6.95. The highest BCUT2D eigenvalue weighted by Crippen LogP contribution is 2.30. The predicted molar refractivity (Wildman–Crippen MR) is 109 cm³/mol. The Bertz CT molecular complexity index is 1260. The minimum Gasteiger partial charge on any atom is -0.485 e. The van der Waals surface area contributed by atoms with Crippen molar-refractivity contribution in [3.63, 3.8) is 0 Å². The van der Waals surface area contributed by atoms with Crippen LogP contribution in [0.1, 0.15) is 22.3 Å². The van der Waals surface area contributed by atoms with Gasteiger partial charge in [0, 0.05) is 29.6 Å². The number of benzene rings is 2. The number of hydrogen-bond donors (Lipinski definition) is 0. The van der Waals surface area contributed by atoms with Gasteiger partial charge in [0.15, 0.2) is 12.4 Å². The second-order valence-corrected chi connectivity index (χ2v) is 8.85. The summed E-state index contributed by atoms with van der Waals surface area (Å²) in [4.78, 5) is 23.9. The Kier molecular flexibility index (Phi) is 4.87. The van der Waals surface area contributed by atoms with E-state index in [9.17, 15) is 18.0 Å². The van der Waals surface area contributed by atoms with Gasteiger partial charge in [-0.05, 0) is 54.8 Å².